The van der Waals surface area contributed by atoms with E-state index in [1.165, 1.54) is 28.4 Å². The van der Waals surface area contributed by atoms with Crippen LogP contribution in [0.15, 0.2) is 53.4 Å². The fourth-order valence-electron chi connectivity index (χ4n) is 3.30. The zero-order chi connectivity index (χ0) is 25.3. The first-order valence-corrected chi connectivity index (χ1v) is 13.3. The van der Waals surface area contributed by atoms with Crippen molar-refractivity contribution in [1.29, 1.82) is 0 Å². The number of carbonyl (C=O) groups excluding carboxylic acids is 2. The molecular weight excluding hydrogens is 497 g/mol. The molecule has 2 aromatic rings. The van der Waals surface area contributed by atoms with Crippen LogP contribution in [0.1, 0.15) is 38.7 Å². The van der Waals surface area contributed by atoms with Gasteiger partial charge in [0, 0.05) is 33.1 Å². The van der Waals surface area contributed by atoms with Crippen molar-refractivity contribution in [2.24, 2.45) is 0 Å². The highest BCUT2D eigenvalue weighted by Crippen LogP contribution is 2.24. The first-order valence-electron chi connectivity index (χ1n) is 11.1. The van der Waals surface area contributed by atoms with Gasteiger partial charge in [-0.2, -0.15) is 0 Å². The van der Waals surface area contributed by atoms with E-state index in [2.05, 4.69) is 5.32 Å². The Labute approximate surface area is 212 Å². The molecule has 0 radical (unpaired) electrons. The molecule has 2 amide bonds. The van der Waals surface area contributed by atoms with Crippen molar-refractivity contribution in [2.75, 3.05) is 20.1 Å². The van der Waals surface area contributed by atoms with E-state index in [9.17, 15) is 18.0 Å². The average Bonchev–Trinajstić information content (AvgIpc) is 2.83. The molecule has 0 aliphatic heterocycles. The van der Waals surface area contributed by atoms with E-state index in [4.69, 9.17) is 23.2 Å². The van der Waals surface area contributed by atoms with Crippen molar-refractivity contribution in [3.63, 3.8) is 0 Å². The molecule has 0 heterocycles. The molecule has 2 rings (SSSR count). The largest absolute Gasteiger partial charge is 0.354 e. The number of carbonyl (C=O) groups is 2. The summed E-state index contributed by atoms with van der Waals surface area (Å²) in [5, 5.41) is 3.58. The third kappa shape index (κ3) is 7.70. The van der Waals surface area contributed by atoms with Gasteiger partial charge in [-0.15, -0.1) is 0 Å². The van der Waals surface area contributed by atoms with Gasteiger partial charge in [0.25, 0.3) is 0 Å². The second kappa shape index (κ2) is 13.1. The Hall–Kier alpha value is -2.13. The summed E-state index contributed by atoms with van der Waals surface area (Å²) >= 11 is 12.1. The van der Waals surface area contributed by atoms with E-state index in [0.29, 0.717) is 23.0 Å². The van der Waals surface area contributed by atoms with Crippen LogP contribution in [0.3, 0.4) is 0 Å². The first-order chi connectivity index (χ1) is 16.1. The summed E-state index contributed by atoms with van der Waals surface area (Å²) in [5.41, 5.74) is 0.738. The zero-order valence-corrected chi connectivity index (χ0v) is 22.0. The number of nitrogens with one attached hydrogen (secondary N) is 1. The molecule has 0 saturated carbocycles. The fourth-order valence-corrected chi connectivity index (χ4v) is 4.85. The number of nitrogens with zero attached hydrogens (tertiary/aromatic N) is 2. The summed E-state index contributed by atoms with van der Waals surface area (Å²) in [6.45, 7) is 4.48. The molecule has 0 aromatic heterocycles. The molecule has 0 aliphatic carbocycles. The van der Waals surface area contributed by atoms with Crippen molar-refractivity contribution in [3.05, 3.63) is 64.1 Å². The molecule has 10 heteroatoms. The number of sulfonamides is 1. The first kappa shape index (κ1) is 28.1. The summed E-state index contributed by atoms with van der Waals surface area (Å²) in [4.78, 5) is 27.4. The average molecular weight is 529 g/mol. The van der Waals surface area contributed by atoms with Gasteiger partial charge in [0.15, 0.2) is 0 Å². The third-order valence-electron chi connectivity index (χ3n) is 5.37. The molecule has 0 spiro atoms. The Morgan fingerprint density at radius 1 is 1.06 bits per heavy atom. The molecular formula is C24H31Cl2N3O4S. The van der Waals surface area contributed by atoms with Crippen LogP contribution in [0.25, 0.3) is 0 Å². The predicted octanol–water partition coefficient (Wildman–Crippen LogP) is 4.34. The minimum Gasteiger partial charge on any atom is -0.354 e. The summed E-state index contributed by atoms with van der Waals surface area (Å²) in [6.07, 6.45) is 1.17. The number of rotatable bonds is 12. The Morgan fingerprint density at radius 3 is 2.35 bits per heavy atom. The van der Waals surface area contributed by atoms with Gasteiger partial charge in [0.05, 0.1) is 14.9 Å². The maximum atomic E-state index is 13.1. The van der Waals surface area contributed by atoms with Gasteiger partial charge in [-0.25, -0.2) is 12.7 Å². The maximum Gasteiger partial charge on any atom is 0.242 e. The van der Waals surface area contributed by atoms with Gasteiger partial charge < -0.3 is 10.2 Å². The molecule has 1 N–H and O–H groups in total. The van der Waals surface area contributed by atoms with Gasteiger partial charge in [-0.1, -0.05) is 54.4 Å². The van der Waals surface area contributed by atoms with Crippen LogP contribution in [-0.2, 0) is 26.2 Å². The second-order valence-electron chi connectivity index (χ2n) is 7.98. The van der Waals surface area contributed by atoms with Crippen molar-refractivity contribution in [1.82, 2.24) is 14.5 Å². The van der Waals surface area contributed by atoms with Gasteiger partial charge in [0.2, 0.25) is 21.8 Å². The van der Waals surface area contributed by atoms with E-state index in [1.54, 1.807) is 43.3 Å². The van der Waals surface area contributed by atoms with Crippen LogP contribution in [0.4, 0.5) is 0 Å². The normalized spacial score (nSPS) is 12.4. The standard InChI is InChI=1S/C24H31Cl2N3O4S/c1-4-14-27-24(31)18(2)29(17-19-12-13-21(25)22(26)16-19)23(30)11-8-15-28(3)34(32,33)20-9-6-5-7-10-20/h5-7,9-10,12-13,16,18H,4,8,11,14-15,17H2,1-3H3,(H,27,31)/t18-/m1/s1. The molecule has 1 atom stereocenters. The monoisotopic (exact) mass is 527 g/mol. The van der Waals surface area contributed by atoms with E-state index in [-0.39, 0.29) is 36.2 Å². The second-order valence-corrected chi connectivity index (χ2v) is 10.8. The Balaban J connectivity index is 2.09. The minimum atomic E-state index is -3.64. The van der Waals surface area contributed by atoms with Crippen molar-refractivity contribution >= 4 is 45.0 Å². The maximum absolute atomic E-state index is 13.1. The number of hydrogen-bond donors (Lipinski definition) is 1. The number of benzene rings is 2. The molecule has 0 bridgehead atoms. The molecule has 0 saturated heterocycles. The Morgan fingerprint density at radius 2 is 1.74 bits per heavy atom. The number of hydrogen-bond acceptors (Lipinski definition) is 4. The highest BCUT2D eigenvalue weighted by Gasteiger charge is 2.26. The Kier molecular flexibility index (Phi) is 10.8. The lowest BCUT2D eigenvalue weighted by Crippen LogP contribution is -2.47. The quantitative estimate of drug-likeness (QED) is 0.444. The van der Waals surface area contributed by atoms with E-state index >= 15 is 0 Å². The van der Waals surface area contributed by atoms with Crippen molar-refractivity contribution in [2.45, 2.75) is 50.6 Å². The van der Waals surface area contributed by atoms with Gasteiger partial charge in [0.1, 0.15) is 6.04 Å². The van der Waals surface area contributed by atoms with Gasteiger partial charge in [-0.05, 0) is 49.6 Å². The van der Waals surface area contributed by atoms with Gasteiger partial charge >= 0.3 is 0 Å². The lowest BCUT2D eigenvalue weighted by molar-refractivity contribution is -0.140. The van der Waals surface area contributed by atoms with Crippen molar-refractivity contribution < 1.29 is 18.0 Å². The van der Waals surface area contributed by atoms with E-state index in [1.807, 2.05) is 6.92 Å². The Bertz CT molecular complexity index is 1080. The summed E-state index contributed by atoms with van der Waals surface area (Å²) in [7, 11) is -2.15. The SMILES string of the molecule is CCCNC(=O)[C@@H](C)N(Cc1ccc(Cl)c(Cl)c1)C(=O)CCCN(C)S(=O)(=O)c1ccccc1. The fraction of sp³-hybridized carbons (Fsp3) is 0.417. The van der Waals surface area contributed by atoms with Crippen LogP contribution in [0.5, 0.6) is 0 Å². The molecule has 186 valence electrons. The molecule has 0 unspecified atom stereocenters. The predicted molar refractivity (Wildman–Crippen MR) is 135 cm³/mol. The van der Waals surface area contributed by atoms with Gasteiger partial charge in [-0.3, -0.25) is 9.59 Å². The topological polar surface area (TPSA) is 86.8 Å². The molecule has 34 heavy (non-hydrogen) atoms. The lowest BCUT2D eigenvalue weighted by atomic mass is 10.1. The number of halogens is 2. The lowest BCUT2D eigenvalue weighted by Gasteiger charge is -2.29. The highest BCUT2D eigenvalue weighted by atomic mass is 35.5. The van der Waals surface area contributed by atoms with E-state index in [0.717, 1.165) is 12.0 Å². The summed E-state index contributed by atoms with van der Waals surface area (Å²) < 4.78 is 26.6. The number of amides is 2. The summed E-state index contributed by atoms with van der Waals surface area (Å²) in [6, 6.07) is 12.5. The minimum absolute atomic E-state index is 0.0847. The highest BCUT2D eigenvalue weighted by molar-refractivity contribution is 7.89. The van der Waals surface area contributed by atoms with Crippen LogP contribution < -0.4 is 5.32 Å². The van der Waals surface area contributed by atoms with Crippen LogP contribution in [-0.4, -0.2) is 55.6 Å². The van der Waals surface area contributed by atoms with Crippen molar-refractivity contribution in [3.8, 4) is 0 Å². The van der Waals surface area contributed by atoms with E-state index < -0.39 is 16.1 Å². The summed E-state index contributed by atoms with van der Waals surface area (Å²) in [5.74, 6) is -0.505. The molecule has 0 aliphatic rings. The van der Waals surface area contributed by atoms with Crippen LogP contribution in [0, 0.1) is 0 Å². The molecule has 7 nitrogen and oxygen atoms in total. The van der Waals surface area contributed by atoms with Crippen LogP contribution in [0.2, 0.25) is 10.0 Å². The smallest absolute Gasteiger partial charge is 0.242 e. The molecule has 0 fully saturated rings. The van der Waals surface area contributed by atoms with Crippen LogP contribution >= 0.6 is 23.2 Å². The zero-order valence-electron chi connectivity index (χ0n) is 19.6. The molecule has 2 aromatic carbocycles. The third-order valence-corrected chi connectivity index (χ3v) is 7.98.